The Labute approximate surface area is 173 Å². The molecule has 0 atom stereocenters. The largest absolute Gasteiger partial charge is 0.497 e. The van der Waals surface area contributed by atoms with E-state index in [1.165, 1.54) is 6.21 Å². The van der Waals surface area contributed by atoms with Crippen molar-refractivity contribution >= 4 is 46.9 Å². The van der Waals surface area contributed by atoms with Gasteiger partial charge in [-0.05, 0) is 47.9 Å². The van der Waals surface area contributed by atoms with Gasteiger partial charge in [0.1, 0.15) is 5.75 Å². The van der Waals surface area contributed by atoms with Crippen molar-refractivity contribution in [3.05, 3.63) is 56.5 Å². The molecule has 5 nitrogen and oxygen atoms in total. The van der Waals surface area contributed by atoms with Gasteiger partial charge in [0.15, 0.2) is 5.75 Å². The van der Waals surface area contributed by atoms with Crippen LogP contribution in [-0.4, -0.2) is 25.8 Å². The van der Waals surface area contributed by atoms with E-state index >= 15 is 0 Å². The van der Waals surface area contributed by atoms with E-state index in [4.69, 9.17) is 44.3 Å². The summed E-state index contributed by atoms with van der Waals surface area (Å²) in [5.41, 5.74) is 3.72. The summed E-state index contributed by atoms with van der Waals surface area (Å²) in [5.74, 6) is 0.746. The first-order valence-electron chi connectivity index (χ1n) is 8.20. The molecule has 0 aliphatic carbocycles. The number of ether oxygens (including phenoxy) is 2. The highest BCUT2D eigenvalue weighted by atomic mass is 35.5. The maximum Gasteiger partial charge on any atom is 0.244 e. The lowest BCUT2D eigenvalue weighted by molar-refractivity contribution is -0.120. The molecule has 2 aromatic rings. The van der Waals surface area contributed by atoms with Gasteiger partial charge >= 0.3 is 0 Å². The minimum atomic E-state index is -0.318. The number of carbonyl (C=O) groups is 1. The van der Waals surface area contributed by atoms with Gasteiger partial charge in [-0.25, -0.2) is 5.43 Å². The minimum Gasteiger partial charge on any atom is -0.497 e. The predicted octanol–water partition coefficient (Wildman–Crippen LogP) is 5.14. The molecule has 0 saturated heterocycles. The highest BCUT2D eigenvalue weighted by molar-refractivity contribution is 6.37. The van der Waals surface area contributed by atoms with Crippen LogP contribution >= 0.6 is 34.8 Å². The van der Waals surface area contributed by atoms with E-state index in [1.54, 1.807) is 37.4 Å². The number of amides is 1. The van der Waals surface area contributed by atoms with Crippen LogP contribution in [0.25, 0.3) is 0 Å². The van der Waals surface area contributed by atoms with Gasteiger partial charge in [0.25, 0.3) is 0 Å². The molecule has 1 amide bonds. The van der Waals surface area contributed by atoms with Gasteiger partial charge < -0.3 is 9.47 Å². The molecule has 0 aliphatic heterocycles. The molecule has 0 unspecified atom stereocenters. The number of carbonyl (C=O) groups excluding carboxylic acids is 1. The third-order valence-corrected chi connectivity index (χ3v) is 4.41. The summed E-state index contributed by atoms with van der Waals surface area (Å²) in [7, 11) is 1.55. The van der Waals surface area contributed by atoms with Crippen LogP contribution < -0.4 is 14.9 Å². The SMILES string of the molecule is CCCOc1c(Cl)cc(/C=N/NC(=O)Cc2cc(OC)ccc2Cl)cc1Cl. The zero-order valence-electron chi connectivity index (χ0n) is 14.9. The van der Waals surface area contributed by atoms with Crippen molar-refractivity contribution in [2.24, 2.45) is 5.10 Å². The Morgan fingerprint density at radius 2 is 1.85 bits per heavy atom. The lowest BCUT2D eigenvalue weighted by atomic mass is 10.1. The smallest absolute Gasteiger partial charge is 0.244 e. The van der Waals surface area contributed by atoms with Gasteiger partial charge in [-0.1, -0.05) is 41.7 Å². The average molecular weight is 430 g/mol. The van der Waals surface area contributed by atoms with Crippen LogP contribution in [-0.2, 0) is 11.2 Å². The van der Waals surface area contributed by atoms with Crippen molar-refractivity contribution in [2.75, 3.05) is 13.7 Å². The van der Waals surface area contributed by atoms with Crippen LogP contribution in [0, 0.1) is 0 Å². The molecule has 0 aliphatic rings. The van der Waals surface area contributed by atoms with Crippen LogP contribution in [0.1, 0.15) is 24.5 Å². The molecule has 0 radical (unpaired) electrons. The third-order valence-electron chi connectivity index (χ3n) is 3.48. The van der Waals surface area contributed by atoms with Gasteiger partial charge in [-0.15, -0.1) is 0 Å². The van der Waals surface area contributed by atoms with E-state index in [9.17, 15) is 4.79 Å². The molecule has 2 aromatic carbocycles. The maximum absolute atomic E-state index is 12.1. The first kappa shape index (κ1) is 21.4. The topological polar surface area (TPSA) is 59.9 Å². The summed E-state index contributed by atoms with van der Waals surface area (Å²) in [4.78, 5) is 12.1. The minimum absolute atomic E-state index is 0.0681. The van der Waals surface area contributed by atoms with Crippen LogP contribution in [0.3, 0.4) is 0 Å². The highest BCUT2D eigenvalue weighted by Crippen LogP contribution is 2.33. The van der Waals surface area contributed by atoms with Gasteiger partial charge in [-0.3, -0.25) is 4.79 Å². The highest BCUT2D eigenvalue weighted by Gasteiger charge is 2.10. The molecule has 0 fully saturated rings. The van der Waals surface area contributed by atoms with Crippen molar-refractivity contribution < 1.29 is 14.3 Å². The van der Waals surface area contributed by atoms with Crippen LogP contribution in [0.2, 0.25) is 15.1 Å². The van der Waals surface area contributed by atoms with Crippen LogP contribution in [0.5, 0.6) is 11.5 Å². The molecule has 0 aromatic heterocycles. The zero-order chi connectivity index (χ0) is 19.8. The zero-order valence-corrected chi connectivity index (χ0v) is 17.2. The first-order valence-corrected chi connectivity index (χ1v) is 9.34. The van der Waals surface area contributed by atoms with Crippen molar-refractivity contribution in [2.45, 2.75) is 19.8 Å². The van der Waals surface area contributed by atoms with Crippen molar-refractivity contribution in [3.63, 3.8) is 0 Å². The maximum atomic E-state index is 12.1. The molecule has 27 heavy (non-hydrogen) atoms. The molecular formula is C19H19Cl3N2O3. The average Bonchev–Trinajstić information content (AvgIpc) is 2.63. The summed E-state index contributed by atoms with van der Waals surface area (Å²) in [6, 6.07) is 8.43. The Morgan fingerprint density at radius 1 is 1.15 bits per heavy atom. The summed E-state index contributed by atoms with van der Waals surface area (Å²) in [5, 5.41) is 5.17. The van der Waals surface area contributed by atoms with E-state index in [0.717, 1.165) is 6.42 Å². The first-order chi connectivity index (χ1) is 12.9. The van der Waals surface area contributed by atoms with Crippen molar-refractivity contribution in [1.82, 2.24) is 5.43 Å². The van der Waals surface area contributed by atoms with E-state index in [-0.39, 0.29) is 12.3 Å². The summed E-state index contributed by atoms with van der Waals surface area (Å²) in [6.07, 6.45) is 2.37. The second-order valence-corrected chi connectivity index (χ2v) is 6.81. The number of nitrogens with one attached hydrogen (secondary N) is 1. The standard InChI is InChI=1S/C19H19Cl3N2O3/c1-3-6-27-19-16(21)7-12(8-17(19)22)11-23-24-18(25)10-13-9-14(26-2)4-5-15(13)20/h4-5,7-9,11H,3,6,10H2,1-2H3,(H,24,25)/b23-11+. The fourth-order valence-corrected chi connectivity index (χ4v) is 3.00. The van der Waals surface area contributed by atoms with Crippen molar-refractivity contribution in [1.29, 1.82) is 0 Å². The van der Waals surface area contributed by atoms with Crippen LogP contribution in [0.15, 0.2) is 35.4 Å². The Balaban J connectivity index is 2.00. The fourth-order valence-electron chi connectivity index (χ4n) is 2.20. The molecule has 2 rings (SSSR count). The number of rotatable bonds is 8. The Kier molecular flexibility index (Phi) is 8.23. The number of hydrogen-bond donors (Lipinski definition) is 1. The second-order valence-electron chi connectivity index (χ2n) is 5.59. The second kappa shape index (κ2) is 10.4. The molecule has 0 bridgehead atoms. The van der Waals surface area contributed by atoms with Crippen molar-refractivity contribution in [3.8, 4) is 11.5 Å². The lowest BCUT2D eigenvalue weighted by Crippen LogP contribution is -2.20. The Morgan fingerprint density at radius 3 is 2.48 bits per heavy atom. The number of methoxy groups -OCH3 is 1. The van der Waals surface area contributed by atoms with Gasteiger partial charge in [0.2, 0.25) is 5.91 Å². The number of benzene rings is 2. The molecule has 8 heteroatoms. The van der Waals surface area contributed by atoms with E-state index < -0.39 is 0 Å². The van der Waals surface area contributed by atoms with E-state index in [2.05, 4.69) is 10.5 Å². The molecular weight excluding hydrogens is 411 g/mol. The van der Waals surface area contributed by atoms with Gasteiger partial charge in [0.05, 0.1) is 36.4 Å². The number of nitrogens with zero attached hydrogens (tertiary/aromatic N) is 1. The third kappa shape index (κ3) is 6.31. The van der Waals surface area contributed by atoms with Crippen LogP contribution in [0.4, 0.5) is 0 Å². The fraction of sp³-hybridized carbons (Fsp3) is 0.263. The number of halogens is 3. The summed E-state index contributed by atoms with van der Waals surface area (Å²) >= 11 is 18.5. The molecule has 1 N–H and O–H groups in total. The number of hydrazone groups is 1. The molecule has 0 spiro atoms. The molecule has 0 heterocycles. The van der Waals surface area contributed by atoms with Gasteiger partial charge in [-0.2, -0.15) is 5.10 Å². The quantitative estimate of drug-likeness (QED) is 0.467. The number of hydrogen-bond acceptors (Lipinski definition) is 4. The predicted molar refractivity (Wildman–Crippen MR) is 110 cm³/mol. The van der Waals surface area contributed by atoms with Gasteiger partial charge in [0, 0.05) is 5.02 Å². The Hall–Kier alpha value is -1.95. The molecule has 0 saturated carbocycles. The van der Waals surface area contributed by atoms with E-state index in [1.807, 2.05) is 6.92 Å². The normalized spacial score (nSPS) is 10.9. The monoisotopic (exact) mass is 428 g/mol. The summed E-state index contributed by atoms with van der Waals surface area (Å²) in [6.45, 7) is 2.51. The summed E-state index contributed by atoms with van der Waals surface area (Å²) < 4.78 is 10.6. The molecule has 144 valence electrons. The Bertz CT molecular complexity index is 818. The van der Waals surface area contributed by atoms with E-state index in [0.29, 0.717) is 44.3 Å². The lowest BCUT2D eigenvalue weighted by Gasteiger charge is -2.09.